The van der Waals surface area contributed by atoms with Gasteiger partial charge in [-0.25, -0.2) is 0 Å². The Hall–Kier alpha value is 0.310. The largest absolute Gasteiger partial charge is 0.308 e. The van der Waals surface area contributed by atoms with E-state index in [0.717, 1.165) is 5.25 Å². The maximum atomic E-state index is 2.27. The lowest BCUT2D eigenvalue weighted by atomic mass is 10.4. The Morgan fingerprint density at radius 2 is 2.00 bits per heavy atom. The molecule has 0 aliphatic heterocycles. The highest BCUT2D eigenvalue weighted by Crippen LogP contribution is 2.08. The van der Waals surface area contributed by atoms with Crippen molar-refractivity contribution in [2.45, 2.75) is 19.1 Å². The van der Waals surface area contributed by atoms with Gasteiger partial charge in [0.05, 0.1) is 0 Å². The van der Waals surface area contributed by atoms with Gasteiger partial charge in [-0.2, -0.15) is 11.8 Å². The van der Waals surface area contributed by atoms with E-state index in [4.69, 9.17) is 0 Å². The number of hydrogen-bond acceptors (Lipinski definition) is 2. The van der Waals surface area contributed by atoms with E-state index in [9.17, 15) is 0 Å². The normalized spacial score (nSPS) is 14.3. The van der Waals surface area contributed by atoms with Gasteiger partial charge in [0.2, 0.25) is 0 Å². The molecule has 56 valence electrons. The summed E-state index contributed by atoms with van der Waals surface area (Å²) in [6, 6.07) is 0. The lowest BCUT2D eigenvalue weighted by Gasteiger charge is -2.14. The third-order valence-electron chi connectivity index (χ3n) is 1.07. The molecule has 0 saturated carbocycles. The number of hydrogen-bond donors (Lipinski definition) is 0. The Balaban J connectivity index is 3.15. The van der Waals surface area contributed by atoms with Crippen molar-refractivity contribution >= 4 is 11.8 Å². The third kappa shape index (κ3) is 6.19. The summed E-state index contributed by atoms with van der Waals surface area (Å²) in [5, 5.41) is 0.782. The van der Waals surface area contributed by atoms with E-state index >= 15 is 0 Å². The van der Waals surface area contributed by atoms with Gasteiger partial charge in [0.25, 0.3) is 0 Å². The summed E-state index contributed by atoms with van der Waals surface area (Å²) in [6.45, 7) is 5.67. The van der Waals surface area contributed by atoms with Gasteiger partial charge in [-0.3, -0.25) is 0 Å². The zero-order valence-corrected chi connectivity index (χ0v) is 7.66. The van der Waals surface area contributed by atoms with E-state index < -0.39 is 0 Å². The van der Waals surface area contributed by atoms with Gasteiger partial charge in [-0.1, -0.05) is 13.8 Å². The summed E-state index contributed by atoms with van der Waals surface area (Å²) < 4.78 is 0. The molecule has 0 spiro atoms. The molecule has 0 aromatic heterocycles. The molecule has 0 heterocycles. The van der Waals surface area contributed by atoms with Crippen molar-refractivity contribution in [2.75, 3.05) is 26.4 Å². The van der Waals surface area contributed by atoms with E-state index in [-0.39, 0.29) is 0 Å². The van der Waals surface area contributed by atoms with Gasteiger partial charge >= 0.3 is 0 Å². The van der Waals surface area contributed by atoms with E-state index in [1.807, 2.05) is 11.8 Å². The van der Waals surface area contributed by atoms with Gasteiger partial charge in [-0.15, -0.1) is 0 Å². The minimum atomic E-state index is 0.782. The number of nitrogens with zero attached hydrogens (tertiary/aromatic N) is 1. The Kier molecular flexibility index (Phi) is 5.30. The third-order valence-corrected chi connectivity index (χ3v) is 2.12. The second-order valence-electron chi connectivity index (χ2n) is 2.53. The molecule has 0 aromatic carbocycles. The van der Waals surface area contributed by atoms with Gasteiger partial charge in [0.15, 0.2) is 0 Å². The summed E-state index contributed by atoms with van der Waals surface area (Å²) in [5.74, 6) is 1.23. The molecule has 1 unspecified atom stereocenters. The van der Waals surface area contributed by atoms with Crippen LogP contribution in [-0.2, 0) is 0 Å². The first kappa shape index (κ1) is 9.31. The van der Waals surface area contributed by atoms with E-state index in [1.165, 1.54) is 12.3 Å². The van der Waals surface area contributed by atoms with Crippen molar-refractivity contribution < 1.29 is 0 Å². The fraction of sp³-hybridized carbons (Fsp3) is 1.00. The van der Waals surface area contributed by atoms with Crippen LogP contribution < -0.4 is 0 Å². The standard InChI is InChI=1S/C7H17NS/c1-5-9-7(2)6-8(3)4/h7H,5-6H2,1-4H3. The molecule has 1 atom stereocenters. The molecule has 0 aliphatic rings. The van der Waals surface area contributed by atoms with Gasteiger partial charge in [-0.05, 0) is 19.8 Å². The van der Waals surface area contributed by atoms with E-state index in [2.05, 4.69) is 32.8 Å². The highest BCUT2D eigenvalue weighted by molar-refractivity contribution is 7.99. The molecule has 9 heavy (non-hydrogen) atoms. The molecule has 0 amide bonds. The fourth-order valence-corrected chi connectivity index (χ4v) is 1.82. The maximum absolute atomic E-state index is 2.27. The zero-order chi connectivity index (χ0) is 7.28. The molecule has 0 aromatic rings. The average molecular weight is 147 g/mol. The second-order valence-corrected chi connectivity index (χ2v) is 4.24. The van der Waals surface area contributed by atoms with Crippen molar-refractivity contribution in [1.29, 1.82) is 0 Å². The van der Waals surface area contributed by atoms with Gasteiger partial charge in [0, 0.05) is 11.8 Å². The van der Waals surface area contributed by atoms with Crippen LogP contribution in [0.2, 0.25) is 0 Å². The summed E-state index contributed by atoms with van der Waals surface area (Å²) in [4.78, 5) is 2.23. The highest BCUT2D eigenvalue weighted by Gasteiger charge is 2.00. The van der Waals surface area contributed by atoms with Crippen LogP contribution in [0.25, 0.3) is 0 Å². The van der Waals surface area contributed by atoms with Crippen molar-refractivity contribution in [2.24, 2.45) is 0 Å². The summed E-state index contributed by atoms with van der Waals surface area (Å²) in [7, 11) is 4.24. The minimum Gasteiger partial charge on any atom is -0.308 e. The first-order valence-electron chi connectivity index (χ1n) is 3.43. The van der Waals surface area contributed by atoms with Crippen LogP contribution in [0.15, 0.2) is 0 Å². The van der Waals surface area contributed by atoms with Crippen LogP contribution in [0.1, 0.15) is 13.8 Å². The molecule has 0 radical (unpaired) electrons. The van der Waals surface area contributed by atoms with Gasteiger partial charge < -0.3 is 4.90 Å². The molecule has 2 heteroatoms. The lowest BCUT2D eigenvalue weighted by molar-refractivity contribution is 0.413. The van der Waals surface area contributed by atoms with Gasteiger partial charge in [0.1, 0.15) is 0 Å². The van der Waals surface area contributed by atoms with Crippen LogP contribution in [-0.4, -0.2) is 36.5 Å². The second kappa shape index (κ2) is 5.12. The van der Waals surface area contributed by atoms with Crippen molar-refractivity contribution in [3.63, 3.8) is 0 Å². The number of thioether (sulfide) groups is 1. The first-order valence-corrected chi connectivity index (χ1v) is 4.48. The molecular weight excluding hydrogens is 130 g/mol. The molecule has 0 saturated heterocycles. The lowest BCUT2D eigenvalue weighted by Crippen LogP contribution is -2.21. The molecular formula is C7H17NS. The zero-order valence-electron chi connectivity index (χ0n) is 6.85. The van der Waals surface area contributed by atoms with E-state index in [0.29, 0.717) is 0 Å². The van der Waals surface area contributed by atoms with Crippen LogP contribution in [0, 0.1) is 0 Å². The fourth-order valence-electron chi connectivity index (χ4n) is 0.851. The molecule has 0 bridgehead atoms. The molecule has 0 aliphatic carbocycles. The van der Waals surface area contributed by atoms with Crippen LogP contribution in [0.3, 0.4) is 0 Å². The monoisotopic (exact) mass is 147 g/mol. The molecule has 1 nitrogen and oxygen atoms in total. The Bertz CT molecular complexity index is 63.9. The molecule has 0 fully saturated rings. The average Bonchev–Trinajstić information content (AvgIpc) is 1.63. The minimum absolute atomic E-state index is 0.782. The van der Waals surface area contributed by atoms with E-state index in [1.54, 1.807) is 0 Å². The predicted molar refractivity (Wildman–Crippen MR) is 46.1 cm³/mol. The number of rotatable bonds is 4. The smallest absolute Gasteiger partial charge is 0.0146 e. The maximum Gasteiger partial charge on any atom is 0.0146 e. The van der Waals surface area contributed by atoms with Crippen molar-refractivity contribution in [3.05, 3.63) is 0 Å². The van der Waals surface area contributed by atoms with Crippen LogP contribution in [0.5, 0.6) is 0 Å². The SMILES string of the molecule is CCSC(C)CN(C)C. The first-order chi connectivity index (χ1) is 4.16. The predicted octanol–water partition coefficient (Wildman–Crippen LogP) is 1.69. The van der Waals surface area contributed by atoms with Crippen LogP contribution >= 0.6 is 11.8 Å². The highest BCUT2D eigenvalue weighted by atomic mass is 32.2. The summed E-state index contributed by atoms with van der Waals surface area (Å²) in [6.07, 6.45) is 0. The quantitative estimate of drug-likeness (QED) is 0.595. The molecule has 0 N–H and O–H groups in total. The Labute approximate surface area is 62.8 Å². The summed E-state index contributed by atoms with van der Waals surface area (Å²) >= 11 is 2.02. The Morgan fingerprint density at radius 1 is 1.44 bits per heavy atom. The van der Waals surface area contributed by atoms with Crippen molar-refractivity contribution in [1.82, 2.24) is 4.90 Å². The van der Waals surface area contributed by atoms with Crippen LogP contribution in [0.4, 0.5) is 0 Å². The summed E-state index contributed by atoms with van der Waals surface area (Å²) in [5.41, 5.74) is 0. The van der Waals surface area contributed by atoms with Crippen molar-refractivity contribution in [3.8, 4) is 0 Å². The molecule has 0 rings (SSSR count). The topological polar surface area (TPSA) is 3.24 Å². The Morgan fingerprint density at radius 3 is 2.33 bits per heavy atom.